The van der Waals surface area contributed by atoms with Crippen molar-refractivity contribution >= 4 is 40.9 Å². The molecular weight excluding hydrogens is 535 g/mol. The maximum atomic E-state index is 14.2. The largest absolute Gasteiger partial charge is 0.493 e. The van der Waals surface area contributed by atoms with E-state index in [-0.39, 0.29) is 17.9 Å². The maximum absolute atomic E-state index is 14.2. The van der Waals surface area contributed by atoms with Crippen LogP contribution < -0.4 is 14.2 Å². The second-order valence-electron chi connectivity index (χ2n) is 9.92. The van der Waals surface area contributed by atoms with E-state index in [2.05, 4.69) is 13.0 Å². The van der Waals surface area contributed by atoms with Gasteiger partial charge < -0.3 is 14.2 Å². The molecule has 5 rings (SSSR count). The molecule has 0 N–H and O–H groups in total. The maximum Gasteiger partial charge on any atom is 0.274 e. The molecule has 3 aromatic rings. The van der Waals surface area contributed by atoms with E-state index in [1.807, 2.05) is 48.5 Å². The van der Waals surface area contributed by atoms with Crippen LogP contribution in [0.15, 0.2) is 71.3 Å². The van der Waals surface area contributed by atoms with Crippen molar-refractivity contribution in [3.8, 4) is 17.2 Å². The van der Waals surface area contributed by atoms with Gasteiger partial charge in [-0.25, -0.2) is 5.01 Å². The first-order valence-electron chi connectivity index (χ1n) is 12.8. The third-order valence-electron chi connectivity index (χ3n) is 7.31. The van der Waals surface area contributed by atoms with Gasteiger partial charge in [-0.3, -0.25) is 4.79 Å². The molecule has 2 aliphatic rings. The third kappa shape index (κ3) is 5.36. The van der Waals surface area contributed by atoms with Gasteiger partial charge in [0.15, 0.2) is 11.5 Å². The molecule has 1 aliphatic carbocycles. The zero-order valence-electron chi connectivity index (χ0n) is 22.3. The lowest BCUT2D eigenvalue weighted by Crippen LogP contribution is -2.33. The Labute approximate surface area is 238 Å². The zero-order valence-corrected chi connectivity index (χ0v) is 23.8. The molecule has 3 atom stereocenters. The minimum atomic E-state index is -0.291. The van der Waals surface area contributed by atoms with Gasteiger partial charge in [0.1, 0.15) is 0 Å². The number of carbonyl (C=O) groups excluding carboxylic acids is 1. The van der Waals surface area contributed by atoms with Gasteiger partial charge in [-0.2, -0.15) is 5.10 Å². The van der Waals surface area contributed by atoms with Crippen molar-refractivity contribution in [3.63, 3.8) is 0 Å². The van der Waals surface area contributed by atoms with Gasteiger partial charge in [-0.15, -0.1) is 0 Å². The van der Waals surface area contributed by atoms with Gasteiger partial charge in [-0.1, -0.05) is 54.4 Å². The molecule has 0 bridgehead atoms. The van der Waals surface area contributed by atoms with Crippen LogP contribution in [0.5, 0.6) is 17.2 Å². The average Bonchev–Trinajstić information content (AvgIpc) is 3.32. The van der Waals surface area contributed by atoms with E-state index in [4.69, 9.17) is 42.5 Å². The number of methoxy groups -OCH3 is 3. The fourth-order valence-electron chi connectivity index (χ4n) is 5.55. The lowest BCUT2D eigenvalue weighted by Gasteiger charge is -2.32. The lowest BCUT2D eigenvalue weighted by atomic mass is 9.73. The Balaban J connectivity index is 1.62. The van der Waals surface area contributed by atoms with Crippen LogP contribution in [0, 0.1) is 11.8 Å². The summed E-state index contributed by atoms with van der Waals surface area (Å²) >= 11 is 12.3. The number of allylic oxidation sites excluding steroid dienone is 1. The second-order valence-corrected chi connectivity index (χ2v) is 10.8. The summed E-state index contributed by atoms with van der Waals surface area (Å²) in [5.41, 5.74) is 4.47. The molecule has 0 unspecified atom stereocenters. The van der Waals surface area contributed by atoms with E-state index in [1.54, 1.807) is 17.1 Å². The van der Waals surface area contributed by atoms with Crippen molar-refractivity contribution in [2.75, 3.05) is 21.3 Å². The van der Waals surface area contributed by atoms with Gasteiger partial charge in [-0.05, 0) is 77.9 Å². The van der Waals surface area contributed by atoms with Crippen LogP contribution in [0.1, 0.15) is 47.3 Å². The topological polar surface area (TPSA) is 60.4 Å². The number of ether oxygens (including phenoxy) is 3. The quantitative estimate of drug-likeness (QED) is 0.307. The van der Waals surface area contributed by atoms with Crippen molar-refractivity contribution in [1.29, 1.82) is 0 Å². The van der Waals surface area contributed by atoms with Crippen LogP contribution in [0.3, 0.4) is 0 Å². The summed E-state index contributed by atoms with van der Waals surface area (Å²) < 4.78 is 16.5. The van der Waals surface area contributed by atoms with Crippen molar-refractivity contribution < 1.29 is 19.0 Å². The highest BCUT2D eigenvalue weighted by atomic mass is 35.5. The minimum absolute atomic E-state index is 0.0273. The minimum Gasteiger partial charge on any atom is -0.493 e. The lowest BCUT2D eigenvalue weighted by molar-refractivity contribution is 0.0675. The second kappa shape index (κ2) is 11.3. The first-order chi connectivity index (χ1) is 18.8. The number of halogens is 2. The number of benzene rings is 3. The van der Waals surface area contributed by atoms with Gasteiger partial charge in [0.05, 0.1) is 33.1 Å². The Morgan fingerprint density at radius 1 is 0.923 bits per heavy atom. The smallest absolute Gasteiger partial charge is 0.274 e. The Bertz CT molecular complexity index is 1410. The summed E-state index contributed by atoms with van der Waals surface area (Å²) in [5, 5.41) is 7.95. The SMILES string of the molecule is COc1cc(C(=O)N2N=C3/C(=C/c4ccc(Cl)cc4)C[C@H](C)C[C@H]3[C@H]2c2ccc(Cl)cc2)cc(OC)c1OC. The average molecular weight is 565 g/mol. The molecule has 0 radical (unpaired) electrons. The number of hydrogen-bond acceptors (Lipinski definition) is 5. The molecule has 0 saturated heterocycles. The normalized spacial score (nSPS) is 21.4. The number of rotatable bonds is 6. The molecule has 1 aliphatic heterocycles. The Morgan fingerprint density at radius 3 is 2.08 bits per heavy atom. The molecular formula is C31H30Cl2N2O4. The first-order valence-corrected chi connectivity index (χ1v) is 13.5. The molecule has 1 saturated carbocycles. The molecule has 1 heterocycles. The van der Waals surface area contributed by atoms with Crippen molar-refractivity contribution in [2.24, 2.45) is 16.9 Å². The molecule has 1 amide bonds. The summed E-state index contributed by atoms with van der Waals surface area (Å²) in [5.74, 6) is 1.43. The fourth-order valence-corrected chi connectivity index (χ4v) is 5.80. The van der Waals surface area contributed by atoms with Crippen LogP contribution in [-0.2, 0) is 0 Å². The summed E-state index contributed by atoms with van der Waals surface area (Å²) in [4.78, 5) is 14.2. The zero-order chi connectivity index (χ0) is 27.7. The first kappa shape index (κ1) is 27.1. The van der Waals surface area contributed by atoms with Gasteiger partial charge >= 0.3 is 0 Å². The highest BCUT2D eigenvalue weighted by Gasteiger charge is 2.45. The van der Waals surface area contributed by atoms with Crippen LogP contribution in [0.25, 0.3) is 6.08 Å². The monoisotopic (exact) mass is 564 g/mol. The summed E-state index contributed by atoms with van der Waals surface area (Å²) in [6, 6.07) is 18.4. The number of carbonyl (C=O) groups is 1. The highest BCUT2D eigenvalue weighted by Crippen LogP contribution is 2.47. The van der Waals surface area contributed by atoms with E-state index < -0.39 is 0 Å². The number of nitrogens with zero attached hydrogens (tertiary/aromatic N) is 2. The van der Waals surface area contributed by atoms with E-state index in [1.165, 1.54) is 21.3 Å². The van der Waals surface area contributed by atoms with E-state index in [0.717, 1.165) is 35.3 Å². The van der Waals surface area contributed by atoms with E-state index >= 15 is 0 Å². The molecule has 6 nitrogen and oxygen atoms in total. The van der Waals surface area contributed by atoms with Gasteiger partial charge in [0, 0.05) is 21.5 Å². The van der Waals surface area contributed by atoms with Crippen molar-refractivity contribution in [3.05, 3.63) is 93.0 Å². The number of fused-ring (bicyclic) bond motifs is 1. The molecule has 0 aromatic heterocycles. The number of hydrazone groups is 1. The van der Waals surface area contributed by atoms with Crippen LogP contribution >= 0.6 is 23.2 Å². The van der Waals surface area contributed by atoms with Crippen LogP contribution in [0.2, 0.25) is 10.0 Å². The van der Waals surface area contributed by atoms with Crippen molar-refractivity contribution in [2.45, 2.75) is 25.8 Å². The van der Waals surface area contributed by atoms with Crippen molar-refractivity contribution in [1.82, 2.24) is 5.01 Å². The number of amides is 1. The Morgan fingerprint density at radius 2 is 1.51 bits per heavy atom. The Hall–Kier alpha value is -3.48. The third-order valence-corrected chi connectivity index (χ3v) is 7.81. The summed E-state index contributed by atoms with van der Waals surface area (Å²) in [6.45, 7) is 2.25. The van der Waals surface area contributed by atoms with Gasteiger partial charge in [0.2, 0.25) is 5.75 Å². The molecule has 0 spiro atoms. The molecule has 1 fully saturated rings. The van der Waals surface area contributed by atoms with Crippen LogP contribution in [0.4, 0.5) is 0 Å². The molecule has 3 aromatic carbocycles. The van der Waals surface area contributed by atoms with E-state index in [9.17, 15) is 4.79 Å². The van der Waals surface area contributed by atoms with E-state index in [0.29, 0.717) is 38.8 Å². The predicted molar refractivity (Wildman–Crippen MR) is 155 cm³/mol. The summed E-state index contributed by atoms with van der Waals surface area (Å²) in [6.07, 6.45) is 3.94. The molecule has 8 heteroatoms. The van der Waals surface area contributed by atoms with Gasteiger partial charge in [0.25, 0.3) is 5.91 Å². The highest BCUT2D eigenvalue weighted by molar-refractivity contribution is 6.30. The van der Waals surface area contributed by atoms with Crippen LogP contribution in [-0.4, -0.2) is 38.0 Å². The standard InChI is InChI=1S/C31H30Cl2N2O4/c1-18-13-21(15-19-5-9-23(32)10-6-19)28-25(14-18)29(20-7-11-24(33)12-8-20)35(34-28)31(36)22-16-26(37-2)30(39-4)27(17-22)38-3/h5-12,15-18,25,29H,13-14H2,1-4H3/b21-15+/t18-,25+,29+/m0/s1. The fraction of sp³-hybridized carbons (Fsp3) is 0.290. The predicted octanol–water partition coefficient (Wildman–Crippen LogP) is 7.70. The summed E-state index contributed by atoms with van der Waals surface area (Å²) in [7, 11) is 4.59. The Kier molecular flexibility index (Phi) is 7.87. The molecule has 202 valence electrons. The number of hydrogen-bond donors (Lipinski definition) is 0. The molecule has 39 heavy (non-hydrogen) atoms.